The molecule has 1 aromatic heterocycles. The molecule has 4 aliphatic rings. The highest BCUT2D eigenvalue weighted by molar-refractivity contribution is 5.94. The maximum absolute atomic E-state index is 14.0. The summed E-state index contributed by atoms with van der Waals surface area (Å²) in [4.78, 5) is 20.1. The molecular weight excluding hydrogens is 578 g/mol. The lowest BCUT2D eigenvalue weighted by atomic mass is 9.53. The van der Waals surface area contributed by atoms with Crippen molar-refractivity contribution in [1.29, 1.82) is 0 Å². The molecule has 11 heteroatoms. The third kappa shape index (κ3) is 6.48. The van der Waals surface area contributed by atoms with Gasteiger partial charge in [-0.05, 0) is 98.1 Å². The van der Waals surface area contributed by atoms with E-state index in [9.17, 15) is 22.4 Å². The van der Waals surface area contributed by atoms with Crippen molar-refractivity contribution in [2.75, 3.05) is 24.7 Å². The molecule has 0 atom stereocenters. The van der Waals surface area contributed by atoms with E-state index in [0.717, 1.165) is 75.1 Å². The van der Waals surface area contributed by atoms with Crippen LogP contribution in [0.2, 0.25) is 0 Å². The molecule has 2 aromatic carbocycles. The summed E-state index contributed by atoms with van der Waals surface area (Å²) in [6.07, 6.45) is 6.85. The largest absolute Gasteiger partial charge is 0.435 e. The van der Waals surface area contributed by atoms with Gasteiger partial charge in [0.05, 0.1) is 0 Å². The van der Waals surface area contributed by atoms with Crippen molar-refractivity contribution in [2.24, 2.45) is 11.3 Å². The lowest BCUT2D eigenvalue weighted by Gasteiger charge is -2.53. The van der Waals surface area contributed by atoms with Gasteiger partial charge in [0.1, 0.15) is 5.75 Å². The first kappa shape index (κ1) is 30.6. The fourth-order valence-electron chi connectivity index (χ4n) is 7.10. The summed E-state index contributed by atoms with van der Waals surface area (Å²) in [6.45, 7) is -0.263. The van der Waals surface area contributed by atoms with Gasteiger partial charge in [0.15, 0.2) is 5.82 Å². The third-order valence-corrected chi connectivity index (χ3v) is 9.85. The Morgan fingerprint density at radius 1 is 1.02 bits per heavy atom. The van der Waals surface area contributed by atoms with Crippen LogP contribution in [0.1, 0.15) is 76.4 Å². The van der Waals surface area contributed by atoms with E-state index >= 15 is 0 Å². The summed E-state index contributed by atoms with van der Waals surface area (Å²) in [7, 11) is 0. The summed E-state index contributed by atoms with van der Waals surface area (Å²) in [5, 5.41) is 3.97. The Morgan fingerprint density at radius 3 is 2.32 bits per heavy atom. The molecule has 0 radical (unpaired) electrons. The standard InChI is InChI=1S/C33H37F4N3O4/c1-31(36,37)29-38-28(39-44-29)33-14-11-32(12-15-33,13-16-33)21-40(27(41)19-22-9-17-42-18-10-22)25-4-2-3-24(20-25)23-5-7-26(8-6-23)43-30(34)35/h2-8,20,22,30H,9-19,21H2,1H3. The molecular formula is C33H37F4N3O4. The van der Waals surface area contributed by atoms with Gasteiger partial charge in [-0.3, -0.25) is 4.79 Å². The number of ether oxygens (including phenoxy) is 2. The minimum absolute atomic E-state index is 0.0690. The van der Waals surface area contributed by atoms with Crippen LogP contribution in [0.3, 0.4) is 0 Å². The number of hydrogen-bond acceptors (Lipinski definition) is 6. The van der Waals surface area contributed by atoms with Crippen LogP contribution in [-0.2, 0) is 20.9 Å². The van der Waals surface area contributed by atoms with Gasteiger partial charge in [0.25, 0.3) is 5.89 Å². The molecule has 236 valence electrons. The van der Waals surface area contributed by atoms with Gasteiger partial charge in [-0.2, -0.15) is 22.5 Å². The molecule has 3 aromatic rings. The summed E-state index contributed by atoms with van der Waals surface area (Å²) in [5.74, 6) is -3.05. The number of nitrogens with zero attached hydrogens (tertiary/aromatic N) is 3. The number of carbonyl (C=O) groups is 1. The Labute approximate surface area is 253 Å². The van der Waals surface area contributed by atoms with Crippen LogP contribution in [0.25, 0.3) is 11.1 Å². The van der Waals surface area contributed by atoms with E-state index in [4.69, 9.17) is 9.26 Å². The molecule has 7 nitrogen and oxygen atoms in total. The zero-order valence-corrected chi connectivity index (χ0v) is 24.7. The number of hydrogen-bond donors (Lipinski definition) is 0. The maximum atomic E-state index is 14.0. The molecule has 1 aliphatic heterocycles. The first-order valence-electron chi connectivity index (χ1n) is 15.3. The van der Waals surface area contributed by atoms with Crippen molar-refractivity contribution < 1.29 is 36.4 Å². The first-order chi connectivity index (χ1) is 21.0. The number of aromatic nitrogens is 2. The van der Waals surface area contributed by atoms with Crippen LogP contribution in [0, 0.1) is 11.3 Å². The lowest BCUT2D eigenvalue weighted by Crippen LogP contribution is -2.51. The van der Waals surface area contributed by atoms with E-state index in [2.05, 4.69) is 14.9 Å². The third-order valence-electron chi connectivity index (χ3n) is 9.85. The Bertz CT molecular complexity index is 1430. The van der Waals surface area contributed by atoms with Gasteiger partial charge in [0, 0.05) is 44.2 Å². The minimum atomic E-state index is -3.18. The number of amides is 1. The zero-order chi connectivity index (χ0) is 31.0. The van der Waals surface area contributed by atoms with Crippen LogP contribution < -0.4 is 9.64 Å². The quantitative estimate of drug-likeness (QED) is 0.216. The summed E-state index contributed by atoms with van der Waals surface area (Å²) < 4.78 is 67.8. The zero-order valence-electron chi connectivity index (χ0n) is 24.7. The average molecular weight is 616 g/mol. The summed E-state index contributed by atoms with van der Waals surface area (Å²) in [6, 6.07) is 14.2. The van der Waals surface area contributed by atoms with Gasteiger partial charge in [-0.25, -0.2) is 0 Å². The number of benzene rings is 2. The molecule has 0 unspecified atom stereocenters. The van der Waals surface area contributed by atoms with Crippen molar-refractivity contribution in [1.82, 2.24) is 10.1 Å². The van der Waals surface area contributed by atoms with Crippen molar-refractivity contribution >= 4 is 11.6 Å². The average Bonchev–Trinajstić information content (AvgIpc) is 3.54. The highest BCUT2D eigenvalue weighted by Crippen LogP contribution is 2.58. The fourth-order valence-corrected chi connectivity index (χ4v) is 7.10. The maximum Gasteiger partial charge on any atom is 0.387 e. The van der Waals surface area contributed by atoms with Crippen LogP contribution in [-0.4, -0.2) is 42.4 Å². The molecule has 1 amide bonds. The molecule has 0 spiro atoms. The number of halogens is 4. The molecule has 7 rings (SSSR count). The molecule has 3 aliphatic carbocycles. The van der Waals surface area contributed by atoms with E-state index in [-0.39, 0.29) is 28.4 Å². The molecule has 2 bridgehead atoms. The van der Waals surface area contributed by atoms with Crippen LogP contribution in [0.5, 0.6) is 5.75 Å². The summed E-state index contributed by atoms with van der Waals surface area (Å²) >= 11 is 0. The number of carbonyl (C=O) groups excluding carboxylic acids is 1. The monoisotopic (exact) mass is 615 g/mol. The first-order valence-corrected chi connectivity index (χ1v) is 15.3. The van der Waals surface area contributed by atoms with Crippen molar-refractivity contribution in [2.45, 2.75) is 82.7 Å². The van der Waals surface area contributed by atoms with E-state index in [1.807, 2.05) is 29.2 Å². The van der Waals surface area contributed by atoms with Gasteiger partial charge < -0.3 is 18.9 Å². The Balaban J connectivity index is 1.23. The Kier molecular flexibility index (Phi) is 8.43. The van der Waals surface area contributed by atoms with Gasteiger partial charge in [-0.1, -0.05) is 29.4 Å². The predicted octanol–water partition coefficient (Wildman–Crippen LogP) is 7.89. The van der Waals surface area contributed by atoms with E-state index in [0.29, 0.717) is 32.0 Å². The Morgan fingerprint density at radius 2 is 1.70 bits per heavy atom. The van der Waals surface area contributed by atoms with E-state index in [1.165, 1.54) is 12.1 Å². The number of alkyl halides is 4. The van der Waals surface area contributed by atoms with Crippen LogP contribution in [0.15, 0.2) is 53.1 Å². The minimum Gasteiger partial charge on any atom is -0.435 e. The van der Waals surface area contributed by atoms with Crippen molar-refractivity contribution in [3.05, 3.63) is 60.2 Å². The topological polar surface area (TPSA) is 77.7 Å². The SMILES string of the molecule is CC(F)(F)c1nc(C23CCC(CN(C(=O)CC4CCOCC4)c4cccc(-c5ccc(OC(F)F)cc5)c4)(CC2)CC3)no1. The van der Waals surface area contributed by atoms with Gasteiger partial charge >= 0.3 is 12.5 Å². The van der Waals surface area contributed by atoms with Crippen LogP contribution >= 0.6 is 0 Å². The number of fused-ring (bicyclic) bond motifs is 3. The highest BCUT2D eigenvalue weighted by atomic mass is 19.3. The summed E-state index contributed by atoms with van der Waals surface area (Å²) in [5.41, 5.74) is 1.97. The fraction of sp³-hybridized carbons (Fsp3) is 0.545. The molecule has 4 fully saturated rings. The van der Waals surface area contributed by atoms with E-state index in [1.54, 1.807) is 12.1 Å². The van der Waals surface area contributed by atoms with E-state index < -0.39 is 18.4 Å². The van der Waals surface area contributed by atoms with Gasteiger partial charge in [-0.15, -0.1) is 0 Å². The number of anilines is 1. The molecule has 1 saturated heterocycles. The second kappa shape index (κ2) is 12.1. The predicted molar refractivity (Wildman–Crippen MR) is 155 cm³/mol. The number of rotatable bonds is 10. The van der Waals surface area contributed by atoms with Crippen molar-refractivity contribution in [3.8, 4) is 16.9 Å². The normalized spacial score (nSPS) is 24.0. The second-order valence-electron chi connectivity index (χ2n) is 12.8. The van der Waals surface area contributed by atoms with Crippen molar-refractivity contribution in [3.63, 3.8) is 0 Å². The molecule has 3 saturated carbocycles. The van der Waals surface area contributed by atoms with Gasteiger partial charge in [0.2, 0.25) is 5.91 Å². The lowest BCUT2D eigenvalue weighted by molar-refractivity contribution is -0.121. The van der Waals surface area contributed by atoms with Crippen LogP contribution in [0.4, 0.5) is 23.2 Å². The molecule has 0 N–H and O–H groups in total. The Hall–Kier alpha value is -3.47. The molecule has 2 heterocycles. The highest BCUT2D eigenvalue weighted by Gasteiger charge is 2.53. The smallest absolute Gasteiger partial charge is 0.387 e. The second-order valence-corrected chi connectivity index (χ2v) is 12.8. The molecule has 44 heavy (non-hydrogen) atoms.